The normalized spacial score (nSPS) is 11.2. The standard InChI is InChI=1S/C18H15N3O7S/c1-2-29(25,26)15-6-4-3-5-14(15)18(22)27-11-16-19-17(20-28-16)12-7-9-13(10-8-12)21(23)24/h3-10H,2,11H2,1H3. The summed E-state index contributed by atoms with van der Waals surface area (Å²) in [6.07, 6.45) is 0. The van der Waals surface area contributed by atoms with Crippen molar-refractivity contribution in [1.29, 1.82) is 0 Å². The van der Waals surface area contributed by atoms with Crippen molar-refractivity contribution in [2.75, 3.05) is 5.75 Å². The van der Waals surface area contributed by atoms with Gasteiger partial charge in [-0.1, -0.05) is 24.2 Å². The van der Waals surface area contributed by atoms with Gasteiger partial charge in [0.05, 0.1) is 21.1 Å². The highest BCUT2D eigenvalue weighted by Gasteiger charge is 2.22. The fraction of sp³-hybridized carbons (Fsp3) is 0.167. The lowest BCUT2D eigenvalue weighted by Crippen LogP contribution is -2.13. The van der Waals surface area contributed by atoms with Crippen molar-refractivity contribution in [3.05, 3.63) is 70.1 Å². The van der Waals surface area contributed by atoms with Crippen molar-refractivity contribution in [2.24, 2.45) is 0 Å². The van der Waals surface area contributed by atoms with Crippen LogP contribution in [0.25, 0.3) is 11.4 Å². The van der Waals surface area contributed by atoms with Gasteiger partial charge >= 0.3 is 5.97 Å². The van der Waals surface area contributed by atoms with E-state index in [4.69, 9.17) is 9.26 Å². The fourth-order valence-corrected chi connectivity index (χ4v) is 3.51. The molecular weight excluding hydrogens is 402 g/mol. The number of nitro benzene ring substituents is 1. The minimum absolute atomic E-state index is 0.0115. The minimum Gasteiger partial charge on any atom is -0.452 e. The number of carbonyl (C=O) groups is 1. The molecule has 0 aliphatic heterocycles. The quantitative estimate of drug-likeness (QED) is 0.322. The van der Waals surface area contributed by atoms with Crippen LogP contribution in [0.5, 0.6) is 0 Å². The number of rotatable bonds is 7. The van der Waals surface area contributed by atoms with Crippen LogP contribution in [0.2, 0.25) is 0 Å². The van der Waals surface area contributed by atoms with Crippen molar-refractivity contribution in [3.63, 3.8) is 0 Å². The van der Waals surface area contributed by atoms with Crippen LogP contribution >= 0.6 is 0 Å². The Morgan fingerprint density at radius 2 is 1.86 bits per heavy atom. The Morgan fingerprint density at radius 3 is 2.52 bits per heavy atom. The third-order valence-corrected chi connectivity index (χ3v) is 5.74. The Morgan fingerprint density at radius 1 is 1.17 bits per heavy atom. The number of ether oxygens (including phenoxy) is 1. The molecule has 0 N–H and O–H groups in total. The number of benzene rings is 2. The maximum absolute atomic E-state index is 12.3. The molecule has 0 bridgehead atoms. The lowest BCUT2D eigenvalue weighted by molar-refractivity contribution is -0.384. The van der Waals surface area contributed by atoms with Gasteiger partial charge in [-0.2, -0.15) is 4.98 Å². The predicted molar refractivity (Wildman–Crippen MR) is 99.7 cm³/mol. The second-order valence-electron chi connectivity index (χ2n) is 5.79. The number of hydrogen-bond acceptors (Lipinski definition) is 9. The number of non-ortho nitro benzene ring substituents is 1. The molecule has 1 aromatic heterocycles. The third-order valence-electron chi connectivity index (χ3n) is 3.95. The van der Waals surface area contributed by atoms with Crippen molar-refractivity contribution >= 4 is 21.5 Å². The molecule has 10 nitrogen and oxygen atoms in total. The molecule has 0 atom stereocenters. The van der Waals surface area contributed by atoms with Gasteiger partial charge in [0.25, 0.3) is 11.6 Å². The van der Waals surface area contributed by atoms with E-state index in [-0.39, 0.29) is 40.2 Å². The fourth-order valence-electron chi connectivity index (χ4n) is 2.43. The molecule has 0 unspecified atom stereocenters. The van der Waals surface area contributed by atoms with Gasteiger partial charge in [0.1, 0.15) is 0 Å². The molecule has 11 heteroatoms. The molecule has 0 fully saturated rings. The topological polar surface area (TPSA) is 142 Å². The molecule has 3 rings (SSSR count). The highest BCUT2D eigenvalue weighted by atomic mass is 32.2. The van der Waals surface area contributed by atoms with E-state index in [0.717, 1.165) is 0 Å². The lowest BCUT2D eigenvalue weighted by Gasteiger charge is -2.08. The van der Waals surface area contributed by atoms with E-state index in [1.165, 1.54) is 55.5 Å². The molecule has 0 amide bonds. The smallest absolute Gasteiger partial charge is 0.339 e. The maximum Gasteiger partial charge on any atom is 0.339 e. The summed E-state index contributed by atoms with van der Waals surface area (Å²) in [5, 5.41) is 14.4. The summed E-state index contributed by atoms with van der Waals surface area (Å²) in [5.74, 6) is -0.838. The number of esters is 1. The van der Waals surface area contributed by atoms with Crippen LogP contribution in [0.4, 0.5) is 5.69 Å². The van der Waals surface area contributed by atoms with Crippen molar-refractivity contribution < 1.29 is 27.4 Å². The highest BCUT2D eigenvalue weighted by molar-refractivity contribution is 7.91. The number of nitrogens with zero attached hydrogens (tertiary/aromatic N) is 3. The van der Waals surface area contributed by atoms with Gasteiger partial charge in [-0.05, 0) is 24.3 Å². The molecule has 150 valence electrons. The van der Waals surface area contributed by atoms with E-state index in [0.29, 0.717) is 5.56 Å². The van der Waals surface area contributed by atoms with Crippen LogP contribution < -0.4 is 0 Å². The van der Waals surface area contributed by atoms with Gasteiger partial charge in [-0.25, -0.2) is 13.2 Å². The van der Waals surface area contributed by atoms with E-state index in [2.05, 4.69) is 10.1 Å². The average Bonchev–Trinajstić information content (AvgIpc) is 3.21. The monoisotopic (exact) mass is 417 g/mol. The van der Waals surface area contributed by atoms with E-state index in [1.54, 1.807) is 0 Å². The van der Waals surface area contributed by atoms with Gasteiger partial charge in [0.15, 0.2) is 16.4 Å². The zero-order valence-electron chi connectivity index (χ0n) is 15.1. The van der Waals surface area contributed by atoms with Gasteiger partial charge in [0, 0.05) is 17.7 Å². The van der Waals surface area contributed by atoms with Crippen LogP contribution in [0.3, 0.4) is 0 Å². The molecule has 0 saturated carbocycles. The highest BCUT2D eigenvalue weighted by Crippen LogP contribution is 2.21. The maximum atomic E-state index is 12.3. The first kappa shape index (κ1) is 20.1. The first-order valence-corrected chi connectivity index (χ1v) is 10.0. The van der Waals surface area contributed by atoms with Crippen LogP contribution in [0, 0.1) is 10.1 Å². The summed E-state index contributed by atoms with van der Waals surface area (Å²) in [6, 6.07) is 11.3. The summed E-state index contributed by atoms with van der Waals surface area (Å²) in [6.45, 7) is 1.12. The molecule has 2 aromatic carbocycles. The summed E-state index contributed by atoms with van der Waals surface area (Å²) in [7, 11) is -3.60. The second-order valence-corrected chi connectivity index (χ2v) is 8.04. The summed E-state index contributed by atoms with van der Waals surface area (Å²) in [4.78, 5) is 26.5. The minimum atomic E-state index is -3.60. The van der Waals surface area contributed by atoms with Crippen LogP contribution in [-0.2, 0) is 21.2 Å². The number of sulfone groups is 1. The molecule has 0 saturated heterocycles. The van der Waals surface area contributed by atoms with Crippen molar-refractivity contribution in [3.8, 4) is 11.4 Å². The number of carbonyl (C=O) groups excluding carboxylic acids is 1. The summed E-state index contributed by atoms with van der Waals surface area (Å²) in [5.41, 5.74) is 0.327. The molecule has 3 aromatic rings. The Kier molecular flexibility index (Phi) is 5.69. The van der Waals surface area contributed by atoms with E-state index >= 15 is 0 Å². The summed E-state index contributed by atoms with van der Waals surface area (Å²) >= 11 is 0. The molecule has 0 aliphatic rings. The van der Waals surface area contributed by atoms with Gasteiger partial charge in [-0.15, -0.1) is 0 Å². The number of nitro groups is 1. The second kappa shape index (κ2) is 8.19. The predicted octanol–water partition coefficient (Wildman–Crippen LogP) is 2.80. The first-order chi connectivity index (χ1) is 13.8. The number of hydrogen-bond donors (Lipinski definition) is 0. The molecule has 1 heterocycles. The Bertz CT molecular complexity index is 1150. The zero-order chi connectivity index (χ0) is 21.0. The molecule has 29 heavy (non-hydrogen) atoms. The SMILES string of the molecule is CCS(=O)(=O)c1ccccc1C(=O)OCc1nc(-c2ccc([N+](=O)[O-])cc2)no1. The molecule has 0 aliphatic carbocycles. The third kappa shape index (κ3) is 4.46. The average molecular weight is 417 g/mol. The Hall–Kier alpha value is -3.60. The Balaban J connectivity index is 1.72. The number of aromatic nitrogens is 2. The van der Waals surface area contributed by atoms with E-state index in [9.17, 15) is 23.3 Å². The molecule has 0 spiro atoms. The van der Waals surface area contributed by atoms with Crippen LogP contribution in [-0.4, -0.2) is 35.2 Å². The van der Waals surface area contributed by atoms with Gasteiger partial charge in [0.2, 0.25) is 5.82 Å². The first-order valence-electron chi connectivity index (χ1n) is 8.38. The van der Waals surface area contributed by atoms with Crippen LogP contribution in [0.1, 0.15) is 23.2 Å². The largest absolute Gasteiger partial charge is 0.452 e. The molecule has 0 radical (unpaired) electrons. The Labute approximate surface area is 165 Å². The van der Waals surface area contributed by atoms with E-state index in [1.807, 2.05) is 0 Å². The molecular formula is C18H15N3O7S. The lowest BCUT2D eigenvalue weighted by atomic mass is 10.2. The van der Waals surface area contributed by atoms with Gasteiger partial charge in [-0.3, -0.25) is 10.1 Å². The van der Waals surface area contributed by atoms with Gasteiger partial charge < -0.3 is 9.26 Å². The summed E-state index contributed by atoms with van der Waals surface area (Å²) < 4.78 is 34.4. The van der Waals surface area contributed by atoms with Crippen molar-refractivity contribution in [1.82, 2.24) is 10.1 Å². The van der Waals surface area contributed by atoms with Crippen LogP contribution in [0.15, 0.2) is 57.9 Å². The zero-order valence-corrected chi connectivity index (χ0v) is 16.0. The van der Waals surface area contributed by atoms with Crippen molar-refractivity contribution in [2.45, 2.75) is 18.4 Å². The van der Waals surface area contributed by atoms with E-state index < -0.39 is 20.7 Å².